The zero-order chi connectivity index (χ0) is 16.5. The molecule has 132 valence electrons. The Morgan fingerprint density at radius 3 is 2.88 bits per heavy atom. The molecule has 2 amide bonds. The molecule has 7 nitrogen and oxygen atoms in total. The molecule has 4 saturated heterocycles. The van der Waals surface area contributed by atoms with Crippen LogP contribution in [0.15, 0.2) is 6.33 Å². The number of hydrogen-bond acceptors (Lipinski definition) is 4. The number of aromatic amines is 1. The molecule has 0 aliphatic carbocycles. The first-order valence-corrected chi connectivity index (χ1v) is 9.05. The molecule has 1 aromatic rings. The summed E-state index contributed by atoms with van der Waals surface area (Å²) in [5.74, 6) is 0.577. The molecule has 4 fully saturated rings. The summed E-state index contributed by atoms with van der Waals surface area (Å²) in [6, 6.07) is 0.546. The van der Waals surface area contributed by atoms with Crippen molar-refractivity contribution in [3.63, 3.8) is 0 Å². The molecular formula is C17H27N5O2. The number of urea groups is 1. The van der Waals surface area contributed by atoms with Gasteiger partial charge < -0.3 is 19.5 Å². The fraction of sp³-hybridized carbons (Fsp3) is 0.765. The molecular weight excluding hydrogens is 306 g/mol. The lowest BCUT2D eigenvalue weighted by Gasteiger charge is -2.40. The summed E-state index contributed by atoms with van der Waals surface area (Å²) < 4.78 is 5.38. The molecule has 1 aromatic heterocycles. The van der Waals surface area contributed by atoms with E-state index in [1.54, 1.807) is 6.33 Å². The normalized spacial score (nSPS) is 28.2. The van der Waals surface area contributed by atoms with Crippen LogP contribution in [0.3, 0.4) is 0 Å². The topological polar surface area (TPSA) is 64.7 Å². The van der Waals surface area contributed by atoms with Gasteiger partial charge in [-0.1, -0.05) is 0 Å². The van der Waals surface area contributed by atoms with Gasteiger partial charge in [0.15, 0.2) is 0 Å². The highest BCUT2D eigenvalue weighted by molar-refractivity contribution is 5.75. The molecule has 4 aliphatic heterocycles. The molecule has 1 N–H and O–H groups in total. The van der Waals surface area contributed by atoms with Crippen molar-refractivity contribution < 1.29 is 9.53 Å². The van der Waals surface area contributed by atoms with Gasteiger partial charge in [-0.3, -0.25) is 4.90 Å². The van der Waals surface area contributed by atoms with Crippen molar-refractivity contribution in [2.75, 3.05) is 45.9 Å². The van der Waals surface area contributed by atoms with E-state index in [1.807, 2.05) is 4.90 Å². The van der Waals surface area contributed by atoms with Gasteiger partial charge in [0.25, 0.3) is 0 Å². The third kappa shape index (κ3) is 3.15. The van der Waals surface area contributed by atoms with E-state index in [2.05, 4.69) is 26.7 Å². The number of amides is 2. The number of aryl methyl sites for hydroxylation is 1. The highest BCUT2D eigenvalue weighted by Crippen LogP contribution is 2.29. The standard InChI is InChI=1S/C17H27N5O2/c1-13-16(19-12-18-13)11-20-8-14-2-3-15(10-20)22(9-14)17(23)21-4-6-24-7-5-21/h12,14-15H,2-11H2,1H3,(H,18,19)/t14-,15+/m1/s1. The number of rotatable bonds is 2. The van der Waals surface area contributed by atoms with E-state index in [0.29, 0.717) is 25.2 Å². The van der Waals surface area contributed by atoms with Gasteiger partial charge in [0.05, 0.1) is 25.2 Å². The maximum atomic E-state index is 12.9. The van der Waals surface area contributed by atoms with E-state index in [4.69, 9.17) is 4.74 Å². The lowest BCUT2D eigenvalue weighted by atomic mass is 9.95. The van der Waals surface area contributed by atoms with Gasteiger partial charge >= 0.3 is 6.03 Å². The van der Waals surface area contributed by atoms with Crippen molar-refractivity contribution in [1.82, 2.24) is 24.7 Å². The Hall–Kier alpha value is -1.60. The highest BCUT2D eigenvalue weighted by Gasteiger charge is 2.39. The first kappa shape index (κ1) is 15.9. The summed E-state index contributed by atoms with van der Waals surface area (Å²) >= 11 is 0. The van der Waals surface area contributed by atoms with E-state index in [0.717, 1.165) is 57.1 Å². The van der Waals surface area contributed by atoms with Crippen LogP contribution in [-0.2, 0) is 11.3 Å². The van der Waals surface area contributed by atoms with Gasteiger partial charge in [-0.15, -0.1) is 0 Å². The number of imidazole rings is 1. The third-order valence-electron chi connectivity index (χ3n) is 5.62. The average Bonchev–Trinajstić information content (AvgIpc) is 2.83. The van der Waals surface area contributed by atoms with E-state index in [9.17, 15) is 4.79 Å². The SMILES string of the molecule is Cc1[nH]cnc1CN1C[C@H]2CC[C@@H](C1)N(C(=O)N1CCOCC1)C2. The summed E-state index contributed by atoms with van der Waals surface area (Å²) in [6.45, 7) is 8.65. The van der Waals surface area contributed by atoms with Crippen molar-refractivity contribution in [2.45, 2.75) is 32.4 Å². The number of nitrogens with one attached hydrogen (secondary N) is 1. The molecule has 0 unspecified atom stereocenters. The summed E-state index contributed by atoms with van der Waals surface area (Å²) in [5, 5.41) is 0. The van der Waals surface area contributed by atoms with Crippen LogP contribution in [-0.4, -0.2) is 82.7 Å². The molecule has 0 saturated carbocycles. The van der Waals surface area contributed by atoms with Crippen molar-refractivity contribution in [2.24, 2.45) is 5.92 Å². The molecule has 4 aliphatic rings. The number of H-pyrrole nitrogens is 1. The minimum absolute atomic E-state index is 0.214. The molecule has 5 heterocycles. The lowest BCUT2D eigenvalue weighted by molar-refractivity contribution is 0.0341. The monoisotopic (exact) mass is 333 g/mol. The number of hydrogen-bond donors (Lipinski definition) is 1. The Balaban J connectivity index is 1.44. The van der Waals surface area contributed by atoms with Crippen molar-refractivity contribution in [1.29, 1.82) is 0 Å². The number of ether oxygens (including phenoxy) is 1. The Labute approximate surface area is 143 Å². The van der Waals surface area contributed by atoms with E-state index in [1.165, 1.54) is 6.42 Å². The number of fused-ring (bicyclic) bond motifs is 4. The van der Waals surface area contributed by atoms with Crippen LogP contribution in [0.25, 0.3) is 0 Å². The van der Waals surface area contributed by atoms with Gasteiger partial charge in [0.2, 0.25) is 0 Å². The predicted molar refractivity (Wildman–Crippen MR) is 89.6 cm³/mol. The molecule has 5 rings (SSSR count). The highest BCUT2D eigenvalue weighted by atomic mass is 16.5. The summed E-state index contributed by atoms with van der Waals surface area (Å²) in [4.78, 5) is 27.1. The Kier molecular flexibility index (Phi) is 4.45. The molecule has 0 aromatic carbocycles. The third-order valence-corrected chi connectivity index (χ3v) is 5.62. The van der Waals surface area contributed by atoms with Crippen molar-refractivity contribution >= 4 is 6.03 Å². The minimum Gasteiger partial charge on any atom is -0.378 e. The van der Waals surface area contributed by atoms with Crippen LogP contribution in [0.1, 0.15) is 24.2 Å². The van der Waals surface area contributed by atoms with E-state index >= 15 is 0 Å². The second kappa shape index (κ2) is 6.72. The molecule has 7 heteroatoms. The van der Waals surface area contributed by atoms with Crippen molar-refractivity contribution in [3.8, 4) is 0 Å². The smallest absolute Gasteiger partial charge is 0.320 e. The zero-order valence-electron chi connectivity index (χ0n) is 14.4. The molecule has 2 atom stereocenters. The maximum Gasteiger partial charge on any atom is 0.320 e. The Morgan fingerprint density at radius 2 is 2.12 bits per heavy atom. The number of aromatic nitrogens is 2. The number of carbonyl (C=O) groups is 1. The van der Waals surface area contributed by atoms with Gasteiger partial charge in [0.1, 0.15) is 0 Å². The van der Waals surface area contributed by atoms with Crippen LogP contribution < -0.4 is 0 Å². The lowest BCUT2D eigenvalue weighted by Crippen LogP contribution is -2.54. The van der Waals surface area contributed by atoms with Gasteiger partial charge in [-0.2, -0.15) is 0 Å². The minimum atomic E-state index is 0.214. The van der Waals surface area contributed by atoms with Gasteiger partial charge in [-0.05, 0) is 25.7 Å². The number of morpholine rings is 1. The molecule has 24 heavy (non-hydrogen) atoms. The zero-order valence-corrected chi connectivity index (χ0v) is 14.4. The van der Waals surface area contributed by atoms with Crippen LogP contribution in [0.4, 0.5) is 4.79 Å². The summed E-state index contributed by atoms with van der Waals surface area (Å²) in [5.41, 5.74) is 2.27. The number of carbonyl (C=O) groups excluding carboxylic acids is 1. The van der Waals surface area contributed by atoms with Crippen LogP contribution >= 0.6 is 0 Å². The molecule has 0 spiro atoms. The second-order valence-corrected chi connectivity index (χ2v) is 7.30. The Morgan fingerprint density at radius 1 is 1.29 bits per heavy atom. The number of piperidine rings is 1. The largest absolute Gasteiger partial charge is 0.378 e. The molecule has 2 bridgehead atoms. The second-order valence-electron chi connectivity index (χ2n) is 7.30. The fourth-order valence-corrected chi connectivity index (χ4v) is 4.24. The van der Waals surface area contributed by atoms with Gasteiger partial charge in [-0.25, -0.2) is 9.78 Å². The number of nitrogens with zero attached hydrogens (tertiary/aromatic N) is 4. The van der Waals surface area contributed by atoms with Crippen LogP contribution in [0, 0.1) is 12.8 Å². The van der Waals surface area contributed by atoms with Crippen molar-refractivity contribution in [3.05, 3.63) is 17.7 Å². The average molecular weight is 333 g/mol. The van der Waals surface area contributed by atoms with E-state index in [-0.39, 0.29) is 6.03 Å². The molecule has 0 radical (unpaired) electrons. The first-order chi connectivity index (χ1) is 11.7. The van der Waals surface area contributed by atoms with Gasteiger partial charge in [0, 0.05) is 51.0 Å². The van der Waals surface area contributed by atoms with E-state index < -0.39 is 0 Å². The summed E-state index contributed by atoms with van der Waals surface area (Å²) in [6.07, 6.45) is 4.12. The maximum absolute atomic E-state index is 12.9. The Bertz CT molecular complexity index is 583. The van der Waals surface area contributed by atoms with Crippen LogP contribution in [0.5, 0.6) is 0 Å². The fourth-order valence-electron chi connectivity index (χ4n) is 4.24. The quantitative estimate of drug-likeness (QED) is 0.879. The predicted octanol–water partition coefficient (Wildman–Crippen LogP) is 1.07. The van der Waals surface area contributed by atoms with Crippen LogP contribution in [0.2, 0.25) is 0 Å². The first-order valence-electron chi connectivity index (χ1n) is 9.05. The summed E-state index contributed by atoms with van der Waals surface area (Å²) in [7, 11) is 0.